The highest BCUT2D eigenvalue weighted by Gasteiger charge is 2.08. The standard InChI is InChI=1S/C15H16BrNO2/c1-3-10-4-6-14(15(8-10)18-2)19-13-7-5-11(16)9-12(13)17/h4-9H,3,17H2,1-2H3. The molecule has 0 saturated heterocycles. The summed E-state index contributed by atoms with van der Waals surface area (Å²) in [5.41, 5.74) is 7.70. The molecule has 0 unspecified atom stereocenters. The summed E-state index contributed by atoms with van der Waals surface area (Å²) in [4.78, 5) is 0. The van der Waals surface area contributed by atoms with Crippen molar-refractivity contribution < 1.29 is 9.47 Å². The maximum Gasteiger partial charge on any atom is 0.169 e. The molecule has 0 radical (unpaired) electrons. The molecule has 4 heteroatoms. The SMILES string of the molecule is CCc1ccc(Oc2ccc(Br)cc2N)c(OC)c1. The lowest BCUT2D eigenvalue weighted by Gasteiger charge is -2.13. The molecule has 2 rings (SSSR count). The van der Waals surface area contributed by atoms with Crippen molar-refractivity contribution in [2.75, 3.05) is 12.8 Å². The first kappa shape index (κ1) is 13.7. The Morgan fingerprint density at radius 2 is 1.79 bits per heavy atom. The predicted octanol–water partition coefficient (Wildman–Crippen LogP) is 4.39. The van der Waals surface area contributed by atoms with Gasteiger partial charge in [-0.3, -0.25) is 0 Å². The molecule has 0 aromatic heterocycles. The molecule has 2 aromatic carbocycles. The highest BCUT2D eigenvalue weighted by molar-refractivity contribution is 9.10. The molecule has 0 amide bonds. The maximum atomic E-state index is 5.92. The Morgan fingerprint density at radius 3 is 2.42 bits per heavy atom. The van der Waals surface area contributed by atoms with Crippen LogP contribution in [0.15, 0.2) is 40.9 Å². The lowest BCUT2D eigenvalue weighted by atomic mass is 10.1. The molecular weight excluding hydrogens is 306 g/mol. The minimum atomic E-state index is 0.580. The second-order valence-electron chi connectivity index (χ2n) is 4.12. The van der Waals surface area contributed by atoms with Crippen LogP contribution in [-0.2, 0) is 6.42 Å². The van der Waals surface area contributed by atoms with Crippen LogP contribution in [0, 0.1) is 0 Å². The van der Waals surface area contributed by atoms with Crippen molar-refractivity contribution in [3.63, 3.8) is 0 Å². The fourth-order valence-electron chi connectivity index (χ4n) is 1.75. The molecule has 0 aliphatic carbocycles. The van der Waals surface area contributed by atoms with Crippen molar-refractivity contribution in [2.24, 2.45) is 0 Å². The van der Waals surface area contributed by atoms with Crippen LogP contribution in [0.5, 0.6) is 17.2 Å². The highest BCUT2D eigenvalue weighted by atomic mass is 79.9. The maximum absolute atomic E-state index is 5.92. The number of ether oxygens (including phenoxy) is 2. The number of benzene rings is 2. The number of hydrogen-bond acceptors (Lipinski definition) is 3. The second kappa shape index (κ2) is 5.97. The first-order chi connectivity index (χ1) is 9.13. The molecule has 0 saturated carbocycles. The van der Waals surface area contributed by atoms with Gasteiger partial charge in [-0.25, -0.2) is 0 Å². The van der Waals surface area contributed by atoms with E-state index in [1.54, 1.807) is 7.11 Å². The van der Waals surface area contributed by atoms with Gasteiger partial charge in [-0.1, -0.05) is 28.9 Å². The smallest absolute Gasteiger partial charge is 0.169 e. The molecule has 0 aliphatic heterocycles. The molecule has 0 heterocycles. The van der Waals surface area contributed by atoms with E-state index in [1.165, 1.54) is 5.56 Å². The number of hydrogen-bond donors (Lipinski definition) is 1. The van der Waals surface area contributed by atoms with Gasteiger partial charge in [0.2, 0.25) is 0 Å². The summed E-state index contributed by atoms with van der Waals surface area (Å²) in [5, 5.41) is 0. The van der Waals surface area contributed by atoms with Gasteiger partial charge in [0.1, 0.15) is 0 Å². The number of methoxy groups -OCH3 is 1. The highest BCUT2D eigenvalue weighted by Crippen LogP contribution is 2.35. The number of halogens is 1. The quantitative estimate of drug-likeness (QED) is 0.849. The zero-order valence-corrected chi connectivity index (χ0v) is 12.5. The van der Waals surface area contributed by atoms with Gasteiger partial charge in [0.25, 0.3) is 0 Å². The summed E-state index contributed by atoms with van der Waals surface area (Å²) in [7, 11) is 1.63. The zero-order chi connectivity index (χ0) is 13.8. The summed E-state index contributed by atoms with van der Waals surface area (Å²) >= 11 is 3.37. The summed E-state index contributed by atoms with van der Waals surface area (Å²) in [6.07, 6.45) is 0.955. The number of rotatable bonds is 4. The van der Waals surface area contributed by atoms with E-state index in [9.17, 15) is 0 Å². The Hall–Kier alpha value is -1.68. The van der Waals surface area contributed by atoms with Crippen LogP contribution in [0.25, 0.3) is 0 Å². The molecule has 3 nitrogen and oxygen atoms in total. The molecule has 0 spiro atoms. The van der Waals surface area contributed by atoms with Crippen LogP contribution in [0.3, 0.4) is 0 Å². The van der Waals surface area contributed by atoms with Crippen molar-refractivity contribution in [3.8, 4) is 17.2 Å². The van der Waals surface area contributed by atoms with E-state index in [0.29, 0.717) is 22.9 Å². The van der Waals surface area contributed by atoms with Gasteiger partial charge in [0, 0.05) is 4.47 Å². The van der Waals surface area contributed by atoms with E-state index in [1.807, 2.05) is 36.4 Å². The van der Waals surface area contributed by atoms with Crippen molar-refractivity contribution in [3.05, 3.63) is 46.4 Å². The van der Waals surface area contributed by atoms with Gasteiger partial charge < -0.3 is 15.2 Å². The fraction of sp³-hybridized carbons (Fsp3) is 0.200. The Kier molecular flexibility index (Phi) is 4.32. The van der Waals surface area contributed by atoms with Gasteiger partial charge in [0.15, 0.2) is 17.2 Å². The Labute approximate surface area is 121 Å². The van der Waals surface area contributed by atoms with Crippen LogP contribution >= 0.6 is 15.9 Å². The summed E-state index contributed by atoms with van der Waals surface area (Å²) < 4.78 is 12.1. The molecule has 2 N–H and O–H groups in total. The molecule has 2 aromatic rings. The predicted molar refractivity (Wildman–Crippen MR) is 81.0 cm³/mol. The molecule has 0 fully saturated rings. The number of anilines is 1. The van der Waals surface area contributed by atoms with E-state index >= 15 is 0 Å². The molecule has 0 atom stereocenters. The van der Waals surface area contributed by atoms with Crippen LogP contribution in [0.1, 0.15) is 12.5 Å². The monoisotopic (exact) mass is 321 g/mol. The molecule has 0 bridgehead atoms. The van der Waals surface area contributed by atoms with Crippen LogP contribution in [-0.4, -0.2) is 7.11 Å². The molecule has 0 aliphatic rings. The van der Waals surface area contributed by atoms with Gasteiger partial charge in [-0.15, -0.1) is 0 Å². The lowest BCUT2D eigenvalue weighted by molar-refractivity contribution is 0.379. The summed E-state index contributed by atoms with van der Waals surface area (Å²) in [5.74, 6) is 1.99. The Balaban J connectivity index is 2.32. The van der Waals surface area contributed by atoms with Gasteiger partial charge in [0.05, 0.1) is 12.8 Å². The average Bonchev–Trinajstić information content (AvgIpc) is 2.42. The largest absolute Gasteiger partial charge is 0.493 e. The van der Waals surface area contributed by atoms with Gasteiger partial charge >= 0.3 is 0 Å². The lowest BCUT2D eigenvalue weighted by Crippen LogP contribution is -1.95. The normalized spacial score (nSPS) is 10.3. The van der Waals surface area contributed by atoms with Gasteiger partial charge in [-0.05, 0) is 42.3 Å². The topological polar surface area (TPSA) is 44.5 Å². The number of nitrogen functional groups attached to an aromatic ring is 1. The van der Waals surface area contributed by atoms with E-state index in [4.69, 9.17) is 15.2 Å². The summed E-state index contributed by atoms with van der Waals surface area (Å²) in [6.45, 7) is 2.10. The van der Waals surface area contributed by atoms with Crippen LogP contribution in [0.4, 0.5) is 5.69 Å². The first-order valence-electron chi connectivity index (χ1n) is 6.04. The molecule has 100 valence electrons. The van der Waals surface area contributed by atoms with Crippen LogP contribution in [0.2, 0.25) is 0 Å². The minimum absolute atomic E-state index is 0.580. The third-order valence-electron chi connectivity index (χ3n) is 2.83. The van der Waals surface area contributed by atoms with Crippen molar-refractivity contribution in [2.45, 2.75) is 13.3 Å². The van der Waals surface area contributed by atoms with E-state index < -0.39 is 0 Å². The third-order valence-corrected chi connectivity index (χ3v) is 3.32. The Bertz CT molecular complexity index is 584. The average molecular weight is 322 g/mol. The third kappa shape index (κ3) is 3.20. The van der Waals surface area contributed by atoms with E-state index in [0.717, 1.165) is 10.9 Å². The number of aryl methyl sites for hydroxylation is 1. The van der Waals surface area contributed by atoms with Crippen molar-refractivity contribution >= 4 is 21.6 Å². The van der Waals surface area contributed by atoms with Crippen LogP contribution < -0.4 is 15.2 Å². The van der Waals surface area contributed by atoms with Crippen molar-refractivity contribution in [1.29, 1.82) is 0 Å². The summed E-state index contributed by atoms with van der Waals surface area (Å²) in [6, 6.07) is 11.4. The fourth-order valence-corrected chi connectivity index (χ4v) is 2.13. The Morgan fingerprint density at radius 1 is 1.05 bits per heavy atom. The zero-order valence-electron chi connectivity index (χ0n) is 10.9. The number of nitrogens with two attached hydrogens (primary N) is 1. The molecule has 19 heavy (non-hydrogen) atoms. The van der Waals surface area contributed by atoms with Gasteiger partial charge in [-0.2, -0.15) is 0 Å². The minimum Gasteiger partial charge on any atom is -0.493 e. The second-order valence-corrected chi connectivity index (χ2v) is 5.04. The van der Waals surface area contributed by atoms with Crippen molar-refractivity contribution in [1.82, 2.24) is 0 Å². The van der Waals surface area contributed by atoms with E-state index in [-0.39, 0.29) is 0 Å². The first-order valence-corrected chi connectivity index (χ1v) is 6.83. The molecular formula is C15H16BrNO2. The van der Waals surface area contributed by atoms with E-state index in [2.05, 4.69) is 22.9 Å².